The van der Waals surface area contributed by atoms with Gasteiger partial charge in [-0.05, 0) is 83.5 Å². The fraction of sp³-hybridized carbons (Fsp3) is 0.812. The highest BCUT2D eigenvalue weighted by Gasteiger charge is 2.19. The van der Waals surface area contributed by atoms with Gasteiger partial charge in [0.25, 0.3) is 0 Å². The average Bonchev–Trinajstić information content (AvgIpc) is 3.41. The van der Waals surface area contributed by atoms with Crippen LogP contribution in [0.3, 0.4) is 0 Å². The van der Waals surface area contributed by atoms with E-state index in [1.54, 1.807) is 0 Å². The zero-order valence-corrected chi connectivity index (χ0v) is 50.1. The van der Waals surface area contributed by atoms with Crippen molar-refractivity contribution < 1.29 is 28.6 Å². The summed E-state index contributed by atoms with van der Waals surface area (Å²) in [6.45, 7) is 6.55. The van der Waals surface area contributed by atoms with Gasteiger partial charge in [-0.25, -0.2) is 0 Å². The number of esters is 3. The second-order valence-electron chi connectivity index (χ2n) is 22.0. The largest absolute Gasteiger partial charge is 0.462 e. The lowest BCUT2D eigenvalue weighted by atomic mass is 10.0. The van der Waals surface area contributed by atoms with Gasteiger partial charge in [-0.2, -0.15) is 0 Å². The second-order valence-corrected chi connectivity index (χ2v) is 22.0. The molecule has 0 aromatic rings. The fourth-order valence-corrected chi connectivity index (χ4v) is 9.61. The molecule has 6 nitrogen and oxygen atoms in total. The first kappa shape index (κ1) is 72.1. The first-order valence-electron chi connectivity index (χ1n) is 32.8. The van der Waals surface area contributed by atoms with Crippen LogP contribution in [-0.4, -0.2) is 37.2 Å². The average molecular weight is 1050 g/mol. The van der Waals surface area contributed by atoms with Crippen LogP contribution in [0.25, 0.3) is 0 Å². The van der Waals surface area contributed by atoms with Crippen LogP contribution in [0.15, 0.2) is 60.8 Å². The zero-order valence-electron chi connectivity index (χ0n) is 50.1. The number of carbonyl (C=O) groups is 3. The van der Waals surface area contributed by atoms with E-state index < -0.39 is 6.10 Å². The molecule has 436 valence electrons. The zero-order chi connectivity index (χ0) is 54.3. The molecule has 75 heavy (non-hydrogen) atoms. The highest BCUT2D eigenvalue weighted by atomic mass is 16.6. The minimum atomic E-state index is -0.781. The van der Waals surface area contributed by atoms with Crippen molar-refractivity contribution in [3.05, 3.63) is 60.8 Å². The van der Waals surface area contributed by atoms with Gasteiger partial charge in [-0.15, -0.1) is 0 Å². The number of ether oxygens (including phenoxy) is 3. The minimum Gasteiger partial charge on any atom is -0.462 e. The van der Waals surface area contributed by atoms with Gasteiger partial charge < -0.3 is 14.2 Å². The van der Waals surface area contributed by atoms with Crippen molar-refractivity contribution >= 4 is 17.9 Å². The van der Waals surface area contributed by atoms with Crippen LogP contribution < -0.4 is 0 Å². The first-order valence-corrected chi connectivity index (χ1v) is 32.8. The number of allylic oxidation sites excluding steroid dienone is 10. The Kier molecular flexibility index (Phi) is 61.2. The Morgan fingerprint density at radius 1 is 0.280 bits per heavy atom. The Balaban J connectivity index is 4.29. The summed E-state index contributed by atoms with van der Waals surface area (Å²) in [7, 11) is 0. The topological polar surface area (TPSA) is 78.9 Å². The lowest BCUT2D eigenvalue weighted by Gasteiger charge is -2.18. The normalized spacial score (nSPS) is 12.4. The van der Waals surface area contributed by atoms with Crippen LogP contribution in [0.5, 0.6) is 0 Å². The molecule has 0 aromatic heterocycles. The molecular formula is C69H124O6. The van der Waals surface area contributed by atoms with Crippen molar-refractivity contribution in [2.24, 2.45) is 0 Å². The molecule has 0 bridgehead atoms. The van der Waals surface area contributed by atoms with Gasteiger partial charge in [0.2, 0.25) is 0 Å². The van der Waals surface area contributed by atoms with E-state index in [9.17, 15) is 14.4 Å². The Bertz CT molecular complexity index is 1340. The molecule has 0 saturated heterocycles. The van der Waals surface area contributed by atoms with Gasteiger partial charge in [0.15, 0.2) is 6.10 Å². The van der Waals surface area contributed by atoms with Gasteiger partial charge in [-0.1, -0.05) is 300 Å². The van der Waals surface area contributed by atoms with E-state index in [2.05, 4.69) is 81.5 Å². The van der Waals surface area contributed by atoms with Gasteiger partial charge >= 0.3 is 17.9 Å². The summed E-state index contributed by atoms with van der Waals surface area (Å²) in [5.74, 6) is -0.875. The summed E-state index contributed by atoms with van der Waals surface area (Å²) >= 11 is 0. The Morgan fingerprint density at radius 3 is 0.840 bits per heavy atom. The predicted molar refractivity (Wildman–Crippen MR) is 325 cm³/mol. The third-order valence-electron chi connectivity index (χ3n) is 14.5. The molecule has 0 aromatic carbocycles. The molecular weight excluding hydrogens is 925 g/mol. The van der Waals surface area contributed by atoms with Crippen molar-refractivity contribution in [1.82, 2.24) is 0 Å². The molecule has 0 fully saturated rings. The van der Waals surface area contributed by atoms with Gasteiger partial charge in [0.1, 0.15) is 13.2 Å². The third-order valence-corrected chi connectivity index (χ3v) is 14.5. The molecule has 0 spiro atoms. The van der Waals surface area contributed by atoms with E-state index >= 15 is 0 Å². The third kappa shape index (κ3) is 61.8. The van der Waals surface area contributed by atoms with Gasteiger partial charge in [0, 0.05) is 19.3 Å². The van der Waals surface area contributed by atoms with Crippen LogP contribution in [0.1, 0.15) is 342 Å². The lowest BCUT2D eigenvalue weighted by molar-refractivity contribution is -0.167. The summed E-state index contributed by atoms with van der Waals surface area (Å²) in [5, 5.41) is 0. The highest BCUT2D eigenvalue weighted by molar-refractivity contribution is 5.71. The van der Waals surface area contributed by atoms with Crippen molar-refractivity contribution in [2.45, 2.75) is 348 Å². The summed E-state index contributed by atoms with van der Waals surface area (Å²) < 4.78 is 16.9. The maximum Gasteiger partial charge on any atom is 0.306 e. The minimum absolute atomic E-state index is 0.0767. The van der Waals surface area contributed by atoms with E-state index in [1.807, 2.05) is 0 Å². The Morgan fingerprint density at radius 2 is 0.520 bits per heavy atom. The van der Waals surface area contributed by atoms with E-state index in [0.717, 1.165) is 96.3 Å². The monoisotopic (exact) mass is 1050 g/mol. The summed E-state index contributed by atoms with van der Waals surface area (Å²) in [4.78, 5) is 38.3. The Hall–Kier alpha value is -2.89. The molecule has 0 amide bonds. The highest BCUT2D eigenvalue weighted by Crippen LogP contribution is 2.18. The molecule has 1 atom stereocenters. The van der Waals surface area contributed by atoms with Crippen molar-refractivity contribution in [3.8, 4) is 0 Å². The summed E-state index contributed by atoms with van der Waals surface area (Å²) in [5.41, 5.74) is 0. The first-order chi connectivity index (χ1) is 37.0. The molecule has 0 aliphatic carbocycles. The van der Waals surface area contributed by atoms with Crippen LogP contribution in [0, 0.1) is 0 Å². The molecule has 0 aliphatic rings. The van der Waals surface area contributed by atoms with Crippen LogP contribution >= 0.6 is 0 Å². The molecule has 6 heteroatoms. The van der Waals surface area contributed by atoms with Crippen LogP contribution in [0.4, 0.5) is 0 Å². The molecule has 0 N–H and O–H groups in total. The maximum atomic E-state index is 12.9. The van der Waals surface area contributed by atoms with Crippen LogP contribution in [0.2, 0.25) is 0 Å². The van der Waals surface area contributed by atoms with E-state index in [0.29, 0.717) is 19.3 Å². The number of rotatable bonds is 60. The number of carbonyl (C=O) groups excluding carboxylic acids is 3. The van der Waals surface area contributed by atoms with Crippen molar-refractivity contribution in [1.29, 1.82) is 0 Å². The van der Waals surface area contributed by atoms with Crippen LogP contribution in [-0.2, 0) is 28.6 Å². The second kappa shape index (κ2) is 63.6. The molecule has 0 aliphatic heterocycles. The standard InChI is InChI=1S/C69H124O6/c1-4-7-10-13-16-19-22-25-27-29-31-33-34-36-37-39-41-44-47-50-53-56-59-62-68(71)74-65-66(64-73-67(70)61-58-55-52-49-46-43-24-21-18-15-12-9-6-3)75-69(72)63-60-57-54-51-48-45-42-40-38-35-32-30-28-26-23-20-17-14-11-8-5-2/h8,11,17,20-21,24,26,28,32,35,66H,4-7,9-10,12-16,18-19,22-23,25,27,29-31,33-34,36-65H2,1-3H3/b11-8-,20-17-,24-21-,28-26-,35-32-. The Labute approximate surface area is 466 Å². The van der Waals surface area contributed by atoms with E-state index in [-0.39, 0.29) is 31.1 Å². The molecule has 0 rings (SSSR count). The van der Waals surface area contributed by atoms with Crippen molar-refractivity contribution in [2.75, 3.05) is 13.2 Å². The molecule has 1 unspecified atom stereocenters. The maximum absolute atomic E-state index is 12.9. The van der Waals surface area contributed by atoms with E-state index in [4.69, 9.17) is 14.2 Å². The SMILES string of the molecule is CC/C=C\C/C=C\C/C=C\C/C=C\CCCCCCCCCCC(=O)OC(COC(=O)CCCCCCC/C=C\CCCCCC)COC(=O)CCCCCCCCCCCCCCCCCCCCCCCCC. The van der Waals surface area contributed by atoms with E-state index in [1.165, 1.54) is 205 Å². The summed E-state index contributed by atoms with van der Waals surface area (Å²) in [6.07, 6.45) is 80.9. The predicted octanol–water partition coefficient (Wildman–Crippen LogP) is 22.3. The lowest BCUT2D eigenvalue weighted by Crippen LogP contribution is -2.30. The summed E-state index contributed by atoms with van der Waals surface area (Å²) in [6, 6.07) is 0. The number of hydrogen-bond donors (Lipinski definition) is 0. The van der Waals surface area contributed by atoms with Gasteiger partial charge in [-0.3, -0.25) is 14.4 Å². The molecule has 0 saturated carbocycles. The number of hydrogen-bond acceptors (Lipinski definition) is 6. The fourth-order valence-electron chi connectivity index (χ4n) is 9.61. The van der Waals surface area contributed by atoms with Crippen molar-refractivity contribution in [3.63, 3.8) is 0 Å². The quantitative estimate of drug-likeness (QED) is 0.0261. The van der Waals surface area contributed by atoms with Gasteiger partial charge in [0.05, 0.1) is 0 Å². The number of unbranched alkanes of at least 4 members (excludes halogenated alkanes) is 39. The smallest absolute Gasteiger partial charge is 0.306 e. The molecule has 0 heterocycles. The molecule has 0 radical (unpaired) electrons.